The molecule has 172 valence electrons. The van der Waals surface area contributed by atoms with Gasteiger partial charge in [0.05, 0.1) is 6.33 Å². The highest BCUT2D eigenvalue weighted by molar-refractivity contribution is 5.68. The summed E-state index contributed by atoms with van der Waals surface area (Å²) in [6, 6.07) is 5.39. The Balaban J connectivity index is 0.00000111. The van der Waals surface area contributed by atoms with Gasteiger partial charge < -0.3 is 14.0 Å². The average molecular weight is 452 g/mol. The number of rotatable bonds is 4. The van der Waals surface area contributed by atoms with Crippen molar-refractivity contribution >= 4 is 16.9 Å². The smallest absolute Gasteiger partial charge is 0.280 e. The van der Waals surface area contributed by atoms with Gasteiger partial charge in [-0.3, -0.25) is 9.36 Å². The first-order valence-electron chi connectivity index (χ1n) is 11.2. The van der Waals surface area contributed by atoms with E-state index in [4.69, 9.17) is 4.52 Å². The first-order chi connectivity index (χ1) is 16.0. The van der Waals surface area contributed by atoms with Crippen molar-refractivity contribution < 1.29 is 8.91 Å². The van der Waals surface area contributed by atoms with Crippen LogP contribution >= 0.6 is 0 Å². The van der Waals surface area contributed by atoms with Crippen molar-refractivity contribution in [3.8, 4) is 0 Å². The third-order valence-electron chi connectivity index (χ3n) is 6.50. The lowest BCUT2D eigenvalue weighted by Crippen LogP contribution is -2.24. The van der Waals surface area contributed by atoms with E-state index in [1.165, 1.54) is 10.9 Å². The molecule has 1 saturated carbocycles. The number of nitrogens with zero attached hydrogens (tertiary/aromatic N) is 7. The summed E-state index contributed by atoms with van der Waals surface area (Å²) in [6.45, 7) is 7.63. The zero-order chi connectivity index (χ0) is 23.3. The Bertz CT molecular complexity index is 1360. The molecule has 1 saturated heterocycles. The Morgan fingerprint density at radius 2 is 1.88 bits per heavy atom. The van der Waals surface area contributed by atoms with E-state index in [0.29, 0.717) is 40.3 Å². The second-order valence-corrected chi connectivity index (χ2v) is 8.44. The number of hydrogen-bond donors (Lipinski definition) is 0. The van der Waals surface area contributed by atoms with Crippen LogP contribution in [0.15, 0.2) is 40.2 Å². The summed E-state index contributed by atoms with van der Waals surface area (Å²) in [5, 5.41) is 4.16. The molecule has 1 aliphatic heterocycles. The number of benzene rings is 1. The van der Waals surface area contributed by atoms with E-state index in [9.17, 15) is 9.18 Å². The first kappa shape index (κ1) is 21.3. The fourth-order valence-electron chi connectivity index (χ4n) is 4.70. The zero-order valence-electron chi connectivity index (χ0n) is 19.1. The van der Waals surface area contributed by atoms with Gasteiger partial charge in [0.25, 0.3) is 5.56 Å². The summed E-state index contributed by atoms with van der Waals surface area (Å²) in [7, 11) is 1.76. The minimum absolute atomic E-state index is 0.163. The number of imidazole rings is 1. The molecule has 0 bridgehead atoms. The maximum Gasteiger partial charge on any atom is 0.280 e. The number of piperidine rings is 1. The van der Waals surface area contributed by atoms with E-state index in [0.717, 1.165) is 18.8 Å². The Morgan fingerprint density at radius 1 is 1.15 bits per heavy atom. The van der Waals surface area contributed by atoms with Crippen LogP contribution in [0.2, 0.25) is 0 Å². The predicted octanol–water partition coefficient (Wildman–Crippen LogP) is 2.88. The van der Waals surface area contributed by atoms with Gasteiger partial charge in [0.15, 0.2) is 17.0 Å². The highest BCUT2D eigenvalue weighted by Gasteiger charge is 2.58. The van der Waals surface area contributed by atoms with Crippen molar-refractivity contribution in [2.75, 3.05) is 18.0 Å². The van der Waals surface area contributed by atoms with Crippen molar-refractivity contribution in [1.29, 1.82) is 0 Å². The SMILES string of the molecule is CC.Cc1ccc(N2CC3C(C2)C3c2noc(Cn3cnc4ncn(C)c4c3=O)n2)cc1F. The molecule has 4 heterocycles. The second kappa shape index (κ2) is 8.09. The molecule has 0 amide bonds. The normalized spacial score (nSPS) is 21.1. The van der Waals surface area contributed by atoms with E-state index < -0.39 is 0 Å². The minimum atomic E-state index is -0.200. The van der Waals surface area contributed by atoms with Gasteiger partial charge in [0, 0.05) is 31.7 Å². The van der Waals surface area contributed by atoms with Gasteiger partial charge in [0.1, 0.15) is 18.7 Å². The molecule has 6 rings (SSSR count). The molecule has 9 nitrogen and oxygen atoms in total. The molecule has 33 heavy (non-hydrogen) atoms. The third kappa shape index (κ3) is 3.59. The van der Waals surface area contributed by atoms with Crippen LogP contribution in [0, 0.1) is 24.6 Å². The van der Waals surface area contributed by atoms with E-state index in [1.807, 2.05) is 26.0 Å². The third-order valence-corrected chi connectivity index (χ3v) is 6.50. The molecule has 4 aromatic rings. The molecule has 0 spiro atoms. The topological polar surface area (TPSA) is 94.9 Å². The molecule has 10 heteroatoms. The second-order valence-electron chi connectivity index (χ2n) is 8.44. The summed E-state index contributed by atoms with van der Waals surface area (Å²) in [6.07, 6.45) is 3.01. The molecule has 3 aromatic heterocycles. The van der Waals surface area contributed by atoms with Crippen LogP contribution in [0.3, 0.4) is 0 Å². The van der Waals surface area contributed by atoms with Crippen LogP contribution in [0.1, 0.15) is 37.0 Å². The van der Waals surface area contributed by atoms with Gasteiger partial charge in [-0.1, -0.05) is 25.1 Å². The van der Waals surface area contributed by atoms with Gasteiger partial charge in [-0.15, -0.1) is 0 Å². The highest BCUT2D eigenvalue weighted by atomic mass is 19.1. The molecular formula is C23H26FN7O2. The van der Waals surface area contributed by atoms with Crippen molar-refractivity contribution in [1.82, 2.24) is 29.2 Å². The summed E-state index contributed by atoms with van der Waals surface area (Å²) in [5.41, 5.74) is 2.22. The lowest BCUT2D eigenvalue weighted by Gasteiger charge is -2.21. The van der Waals surface area contributed by atoms with Crippen LogP contribution in [0.5, 0.6) is 0 Å². The number of aromatic nitrogens is 6. The largest absolute Gasteiger partial charge is 0.371 e. The fourth-order valence-corrected chi connectivity index (χ4v) is 4.70. The molecule has 2 fully saturated rings. The molecule has 2 aliphatic rings. The zero-order valence-corrected chi connectivity index (χ0v) is 19.1. The standard InChI is InChI=1S/C21H20FN7O2.C2H6/c1-11-3-4-12(5-15(11)22)28-6-13-14(7-28)17(13)19-25-16(31-26-19)8-29-10-24-20-18(21(29)30)27(2)9-23-20;1-2/h3-5,9-10,13-14,17H,6-8H2,1-2H3;1-2H3. The summed E-state index contributed by atoms with van der Waals surface area (Å²) >= 11 is 0. The molecule has 2 unspecified atom stereocenters. The maximum absolute atomic E-state index is 13.9. The van der Waals surface area contributed by atoms with E-state index >= 15 is 0 Å². The van der Waals surface area contributed by atoms with E-state index in [1.54, 1.807) is 30.9 Å². The molecule has 1 aromatic carbocycles. The van der Waals surface area contributed by atoms with Crippen molar-refractivity contribution in [3.05, 3.63) is 64.3 Å². The van der Waals surface area contributed by atoms with E-state index in [2.05, 4.69) is 25.0 Å². The molecule has 2 atom stereocenters. The number of aryl methyl sites for hydroxylation is 2. The van der Waals surface area contributed by atoms with Crippen molar-refractivity contribution in [3.63, 3.8) is 0 Å². The molecule has 0 N–H and O–H groups in total. The predicted molar refractivity (Wildman–Crippen MR) is 121 cm³/mol. The molecule has 1 aliphatic carbocycles. The maximum atomic E-state index is 13.9. The monoisotopic (exact) mass is 451 g/mol. The highest BCUT2D eigenvalue weighted by Crippen LogP contribution is 2.57. The average Bonchev–Trinajstić information content (AvgIpc) is 3.23. The number of anilines is 1. The Labute approximate surface area is 189 Å². The van der Waals surface area contributed by atoms with Gasteiger partial charge >= 0.3 is 0 Å². The van der Waals surface area contributed by atoms with Crippen molar-refractivity contribution in [2.24, 2.45) is 18.9 Å². The Hall–Kier alpha value is -3.56. The Morgan fingerprint density at radius 3 is 2.61 bits per heavy atom. The van der Waals surface area contributed by atoms with Gasteiger partial charge in [0.2, 0.25) is 5.89 Å². The number of fused-ring (bicyclic) bond motifs is 2. The van der Waals surface area contributed by atoms with Crippen LogP contribution in [0.4, 0.5) is 10.1 Å². The summed E-state index contributed by atoms with van der Waals surface area (Å²) in [5.74, 6) is 2.00. The van der Waals surface area contributed by atoms with E-state index in [-0.39, 0.29) is 23.8 Å². The van der Waals surface area contributed by atoms with Gasteiger partial charge in [-0.05, 0) is 36.5 Å². The minimum Gasteiger partial charge on any atom is -0.371 e. The number of halogens is 1. The summed E-state index contributed by atoms with van der Waals surface area (Å²) < 4.78 is 22.4. The lowest BCUT2D eigenvalue weighted by molar-refractivity contribution is 0.363. The van der Waals surface area contributed by atoms with Gasteiger partial charge in [-0.2, -0.15) is 4.98 Å². The molecular weight excluding hydrogens is 425 g/mol. The number of hydrogen-bond acceptors (Lipinski definition) is 7. The molecule has 0 radical (unpaired) electrons. The van der Waals surface area contributed by atoms with Crippen LogP contribution in [0.25, 0.3) is 11.2 Å². The lowest BCUT2D eigenvalue weighted by atomic mass is 10.2. The summed E-state index contributed by atoms with van der Waals surface area (Å²) in [4.78, 5) is 27.7. The Kier molecular flexibility index (Phi) is 5.22. The first-order valence-corrected chi connectivity index (χ1v) is 11.2. The van der Waals surface area contributed by atoms with Crippen molar-refractivity contribution in [2.45, 2.75) is 33.2 Å². The van der Waals surface area contributed by atoms with Crippen LogP contribution in [-0.2, 0) is 13.6 Å². The van der Waals surface area contributed by atoms with Crippen LogP contribution < -0.4 is 10.5 Å². The van der Waals surface area contributed by atoms with Gasteiger partial charge in [-0.25, -0.2) is 14.4 Å². The van der Waals surface area contributed by atoms with Crippen LogP contribution in [-0.4, -0.2) is 42.3 Å². The fraction of sp³-hybridized carbons (Fsp3) is 0.435. The quantitative estimate of drug-likeness (QED) is 0.471.